The third-order valence-electron chi connectivity index (χ3n) is 3.49. The van der Waals surface area contributed by atoms with Crippen molar-refractivity contribution in [3.8, 4) is 28.8 Å². The molecule has 0 bridgehead atoms. The molecule has 1 unspecified atom stereocenters. The quantitative estimate of drug-likeness (QED) is 0.836. The summed E-state index contributed by atoms with van der Waals surface area (Å²) < 4.78 is 11.5. The van der Waals surface area contributed by atoms with Crippen LogP contribution in [0.1, 0.15) is 32.8 Å². The zero-order valence-corrected chi connectivity index (χ0v) is 14.0. The molecule has 7 heteroatoms. The molecule has 0 aliphatic rings. The Balaban J connectivity index is 2.53. The smallest absolute Gasteiger partial charge is 0.222 e. The fourth-order valence-corrected chi connectivity index (χ4v) is 2.14. The Labute approximate surface area is 141 Å². The minimum atomic E-state index is 0.0133. The summed E-state index contributed by atoms with van der Waals surface area (Å²) in [6.45, 7) is 6.41. The minimum absolute atomic E-state index is 0.0133. The topological polar surface area (TPSA) is 120 Å². The lowest BCUT2D eigenvalue weighted by Crippen LogP contribution is -2.11. The maximum atomic E-state index is 9.32. The van der Waals surface area contributed by atoms with Crippen molar-refractivity contribution in [2.24, 2.45) is 0 Å². The normalized spacial score (nSPS) is 11.6. The molecule has 1 heterocycles. The van der Waals surface area contributed by atoms with Crippen LogP contribution in [0, 0.1) is 11.3 Å². The monoisotopic (exact) mass is 327 g/mol. The number of nitrogen functional groups attached to an aromatic ring is 2. The fourth-order valence-electron chi connectivity index (χ4n) is 2.14. The number of nitrogens with two attached hydrogens (primary N) is 2. The van der Waals surface area contributed by atoms with E-state index in [9.17, 15) is 5.26 Å². The van der Waals surface area contributed by atoms with Crippen LogP contribution in [0.25, 0.3) is 11.3 Å². The Kier molecular flexibility index (Phi) is 5.42. The number of hydrogen-bond donors (Lipinski definition) is 2. The van der Waals surface area contributed by atoms with Crippen LogP contribution in [0.15, 0.2) is 18.2 Å². The van der Waals surface area contributed by atoms with Crippen molar-refractivity contribution in [1.82, 2.24) is 9.97 Å². The molecule has 126 valence electrons. The molecule has 0 fully saturated rings. The van der Waals surface area contributed by atoms with Crippen LogP contribution in [0.5, 0.6) is 11.5 Å². The van der Waals surface area contributed by atoms with E-state index >= 15 is 0 Å². The van der Waals surface area contributed by atoms with Gasteiger partial charge in [0.25, 0.3) is 0 Å². The summed E-state index contributed by atoms with van der Waals surface area (Å²) in [6.07, 6.45) is 0.945. The third kappa shape index (κ3) is 3.66. The van der Waals surface area contributed by atoms with Crippen molar-refractivity contribution in [3.05, 3.63) is 23.8 Å². The Morgan fingerprint density at radius 1 is 1.21 bits per heavy atom. The maximum absolute atomic E-state index is 9.32. The van der Waals surface area contributed by atoms with E-state index in [0.29, 0.717) is 29.4 Å². The van der Waals surface area contributed by atoms with Crippen LogP contribution in [-0.2, 0) is 0 Å². The summed E-state index contributed by atoms with van der Waals surface area (Å²) in [5, 5.41) is 9.32. The van der Waals surface area contributed by atoms with Crippen molar-refractivity contribution in [3.63, 3.8) is 0 Å². The molecule has 0 saturated heterocycles. The third-order valence-corrected chi connectivity index (χ3v) is 3.49. The summed E-state index contributed by atoms with van der Waals surface area (Å²) in [5.41, 5.74) is 12.7. The molecule has 7 nitrogen and oxygen atoms in total. The summed E-state index contributed by atoms with van der Waals surface area (Å²) in [5.74, 6) is 1.29. The number of aromatic nitrogens is 2. The Bertz CT molecular complexity index is 770. The lowest BCUT2D eigenvalue weighted by molar-refractivity contribution is 0.203. The van der Waals surface area contributed by atoms with Crippen molar-refractivity contribution < 1.29 is 9.47 Å². The number of nitriles is 1. The van der Waals surface area contributed by atoms with Gasteiger partial charge in [0.2, 0.25) is 5.95 Å². The van der Waals surface area contributed by atoms with Crippen molar-refractivity contribution >= 4 is 11.8 Å². The molecular formula is C17H21N5O2. The summed E-state index contributed by atoms with van der Waals surface area (Å²) in [4.78, 5) is 7.97. The second kappa shape index (κ2) is 7.51. The lowest BCUT2D eigenvalue weighted by Gasteiger charge is -2.17. The van der Waals surface area contributed by atoms with Gasteiger partial charge in [0.15, 0.2) is 11.5 Å². The van der Waals surface area contributed by atoms with E-state index in [1.807, 2.05) is 26.8 Å². The van der Waals surface area contributed by atoms with Crippen molar-refractivity contribution in [2.75, 3.05) is 18.1 Å². The molecule has 0 radical (unpaired) electrons. The van der Waals surface area contributed by atoms with Crippen LogP contribution < -0.4 is 20.9 Å². The van der Waals surface area contributed by atoms with Gasteiger partial charge >= 0.3 is 0 Å². The van der Waals surface area contributed by atoms with Gasteiger partial charge in [0.1, 0.15) is 17.5 Å². The van der Waals surface area contributed by atoms with E-state index in [4.69, 9.17) is 20.9 Å². The Morgan fingerprint density at radius 3 is 2.58 bits per heavy atom. The molecule has 1 atom stereocenters. The Morgan fingerprint density at radius 2 is 1.96 bits per heavy atom. The highest BCUT2D eigenvalue weighted by molar-refractivity contribution is 5.74. The van der Waals surface area contributed by atoms with Gasteiger partial charge < -0.3 is 20.9 Å². The molecule has 0 saturated carbocycles. The number of benzene rings is 1. The highest BCUT2D eigenvalue weighted by atomic mass is 16.5. The molecule has 24 heavy (non-hydrogen) atoms. The van der Waals surface area contributed by atoms with Gasteiger partial charge in [-0.3, -0.25) is 0 Å². The molecule has 0 aliphatic heterocycles. The van der Waals surface area contributed by atoms with E-state index in [1.165, 1.54) is 0 Å². The van der Waals surface area contributed by atoms with Crippen LogP contribution in [0.3, 0.4) is 0 Å². The number of hydrogen-bond acceptors (Lipinski definition) is 7. The molecule has 2 rings (SSSR count). The molecule has 4 N–H and O–H groups in total. The second-order valence-electron chi connectivity index (χ2n) is 5.23. The Hall–Kier alpha value is -3.01. The number of nitrogens with zero attached hydrogens (tertiary/aromatic N) is 3. The molecular weight excluding hydrogens is 306 g/mol. The van der Waals surface area contributed by atoms with Crippen LogP contribution in [-0.4, -0.2) is 22.7 Å². The maximum Gasteiger partial charge on any atom is 0.222 e. The van der Waals surface area contributed by atoms with Crippen LogP contribution in [0.2, 0.25) is 0 Å². The summed E-state index contributed by atoms with van der Waals surface area (Å²) in [6, 6.07) is 7.37. The van der Waals surface area contributed by atoms with Gasteiger partial charge in [-0.05, 0) is 38.5 Å². The van der Waals surface area contributed by atoms with E-state index in [-0.39, 0.29) is 23.4 Å². The molecule has 0 aliphatic carbocycles. The molecule has 1 aromatic carbocycles. The second-order valence-corrected chi connectivity index (χ2v) is 5.23. The predicted molar refractivity (Wildman–Crippen MR) is 92.6 cm³/mol. The lowest BCUT2D eigenvalue weighted by atomic mass is 10.1. The summed E-state index contributed by atoms with van der Waals surface area (Å²) in [7, 11) is 0. The first-order valence-electron chi connectivity index (χ1n) is 7.77. The van der Waals surface area contributed by atoms with Gasteiger partial charge in [-0.25, -0.2) is 4.98 Å². The summed E-state index contributed by atoms with van der Waals surface area (Å²) >= 11 is 0. The highest BCUT2D eigenvalue weighted by Gasteiger charge is 2.16. The average Bonchev–Trinajstić information content (AvgIpc) is 2.55. The van der Waals surface area contributed by atoms with Crippen LogP contribution in [0.4, 0.5) is 11.8 Å². The number of rotatable bonds is 6. The molecule has 2 aromatic rings. The minimum Gasteiger partial charge on any atom is -0.490 e. The van der Waals surface area contributed by atoms with Gasteiger partial charge in [0, 0.05) is 5.56 Å². The number of anilines is 2. The average molecular weight is 327 g/mol. The van der Waals surface area contributed by atoms with E-state index in [1.54, 1.807) is 18.2 Å². The van der Waals surface area contributed by atoms with E-state index in [2.05, 4.69) is 9.97 Å². The van der Waals surface area contributed by atoms with E-state index < -0.39 is 0 Å². The van der Waals surface area contributed by atoms with Gasteiger partial charge in [-0.15, -0.1) is 0 Å². The highest BCUT2D eigenvalue weighted by Crippen LogP contribution is 2.35. The fraction of sp³-hybridized carbons (Fsp3) is 0.353. The van der Waals surface area contributed by atoms with Gasteiger partial charge in [-0.1, -0.05) is 6.92 Å². The predicted octanol–water partition coefficient (Wildman–Crippen LogP) is 2.76. The SMILES string of the molecule is CCOc1cc(-c2nc(N)nc(N)c2C#N)ccc1OC(C)CC. The van der Waals surface area contributed by atoms with Crippen molar-refractivity contribution in [1.29, 1.82) is 5.26 Å². The van der Waals surface area contributed by atoms with Gasteiger partial charge in [-0.2, -0.15) is 10.2 Å². The van der Waals surface area contributed by atoms with Crippen LogP contribution >= 0.6 is 0 Å². The van der Waals surface area contributed by atoms with Crippen molar-refractivity contribution in [2.45, 2.75) is 33.3 Å². The molecule has 0 spiro atoms. The first-order valence-corrected chi connectivity index (χ1v) is 7.77. The molecule has 1 aromatic heterocycles. The largest absolute Gasteiger partial charge is 0.490 e. The molecule has 0 amide bonds. The van der Waals surface area contributed by atoms with E-state index in [0.717, 1.165) is 6.42 Å². The van der Waals surface area contributed by atoms with Gasteiger partial charge in [0.05, 0.1) is 18.4 Å². The number of ether oxygens (including phenoxy) is 2. The zero-order chi connectivity index (χ0) is 17.7. The standard InChI is InChI=1S/C17H21N5O2/c1-4-10(3)24-13-7-6-11(8-14(13)23-5-2)15-12(9-18)16(19)22-17(20)21-15/h6-8,10H,4-5H2,1-3H3,(H4,19,20,21,22). The first-order chi connectivity index (χ1) is 11.5. The first kappa shape index (κ1) is 17.3. The zero-order valence-electron chi connectivity index (χ0n) is 14.0.